The van der Waals surface area contributed by atoms with Crippen molar-refractivity contribution in [2.75, 3.05) is 13.7 Å². The molecule has 1 aliphatic heterocycles. The Morgan fingerprint density at radius 2 is 2.00 bits per heavy atom. The van der Waals surface area contributed by atoms with Gasteiger partial charge in [-0.2, -0.15) is 13.2 Å². The number of alkyl halides is 3. The highest BCUT2D eigenvalue weighted by atomic mass is 35.5. The van der Waals surface area contributed by atoms with E-state index >= 15 is 0 Å². The predicted molar refractivity (Wildman–Crippen MR) is 126 cm³/mol. The van der Waals surface area contributed by atoms with Crippen LogP contribution in [0.1, 0.15) is 46.9 Å². The van der Waals surface area contributed by atoms with Gasteiger partial charge in [0.15, 0.2) is 0 Å². The summed E-state index contributed by atoms with van der Waals surface area (Å²) in [7, 11) is 1.54. The molecule has 2 atom stereocenters. The van der Waals surface area contributed by atoms with Crippen LogP contribution in [-0.4, -0.2) is 35.6 Å². The number of hydrogen-bond donors (Lipinski definition) is 2. The summed E-state index contributed by atoms with van der Waals surface area (Å²) in [5.41, 5.74) is 0.979. The molecule has 1 amide bonds. The SMILES string of the molecule is COc1ccc(-c2cccc([C@H](NC(=O)c3nccc(C(F)(F)F)c3Cl)[C@@H]3CCCCN3)c2)cn1. The lowest BCUT2D eigenvalue weighted by Crippen LogP contribution is -2.46. The minimum atomic E-state index is -4.69. The number of benzene rings is 1. The number of nitrogens with zero attached hydrogens (tertiary/aromatic N) is 2. The first-order valence-electron chi connectivity index (χ1n) is 11.1. The predicted octanol–water partition coefficient (Wildman–Crippen LogP) is 5.44. The summed E-state index contributed by atoms with van der Waals surface area (Å²) < 4.78 is 45.0. The third-order valence-electron chi connectivity index (χ3n) is 5.97. The Morgan fingerprint density at radius 3 is 2.66 bits per heavy atom. The molecule has 10 heteroatoms. The molecule has 184 valence electrons. The Balaban J connectivity index is 1.67. The van der Waals surface area contributed by atoms with Gasteiger partial charge in [0.25, 0.3) is 5.91 Å². The van der Waals surface area contributed by atoms with E-state index < -0.39 is 34.4 Å². The van der Waals surface area contributed by atoms with Crippen molar-refractivity contribution in [3.63, 3.8) is 0 Å². The number of pyridine rings is 2. The van der Waals surface area contributed by atoms with Crippen molar-refractivity contribution >= 4 is 17.5 Å². The highest BCUT2D eigenvalue weighted by Gasteiger charge is 2.36. The number of halogens is 4. The topological polar surface area (TPSA) is 76.1 Å². The average Bonchev–Trinajstić information content (AvgIpc) is 2.87. The summed E-state index contributed by atoms with van der Waals surface area (Å²) in [6, 6.07) is 11.4. The minimum absolute atomic E-state index is 0.110. The smallest absolute Gasteiger partial charge is 0.417 e. The third kappa shape index (κ3) is 5.74. The number of nitrogens with one attached hydrogen (secondary N) is 2. The normalized spacial score (nSPS) is 17.0. The second-order valence-corrected chi connectivity index (χ2v) is 8.62. The monoisotopic (exact) mass is 504 g/mol. The van der Waals surface area contributed by atoms with Gasteiger partial charge < -0.3 is 15.4 Å². The average molecular weight is 505 g/mol. The second-order valence-electron chi connectivity index (χ2n) is 8.24. The third-order valence-corrected chi connectivity index (χ3v) is 6.35. The van der Waals surface area contributed by atoms with Gasteiger partial charge in [-0.25, -0.2) is 9.97 Å². The van der Waals surface area contributed by atoms with E-state index in [9.17, 15) is 18.0 Å². The van der Waals surface area contributed by atoms with Crippen molar-refractivity contribution in [3.05, 3.63) is 76.7 Å². The Hall–Kier alpha value is -3.17. The van der Waals surface area contributed by atoms with Crippen molar-refractivity contribution in [3.8, 4) is 17.0 Å². The van der Waals surface area contributed by atoms with Crippen LogP contribution in [-0.2, 0) is 6.18 Å². The largest absolute Gasteiger partial charge is 0.481 e. The van der Waals surface area contributed by atoms with Crippen LogP contribution in [0, 0.1) is 0 Å². The molecule has 0 aliphatic carbocycles. The lowest BCUT2D eigenvalue weighted by Gasteiger charge is -2.32. The maximum Gasteiger partial charge on any atom is 0.417 e. The van der Waals surface area contributed by atoms with Crippen molar-refractivity contribution in [2.24, 2.45) is 0 Å². The van der Waals surface area contributed by atoms with E-state index in [1.54, 1.807) is 19.4 Å². The van der Waals surface area contributed by atoms with Gasteiger partial charge in [-0.1, -0.05) is 36.2 Å². The molecule has 0 bridgehead atoms. The second kappa shape index (κ2) is 10.6. The van der Waals surface area contributed by atoms with Gasteiger partial charge in [-0.05, 0) is 48.7 Å². The molecule has 1 aliphatic rings. The van der Waals surface area contributed by atoms with Crippen LogP contribution in [0.3, 0.4) is 0 Å². The molecular formula is C25H24ClF3N4O2. The Morgan fingerprint density at radius 1 is 1.17 bits per heavy atom. The number of carbonyl (C=O) groups is 1. The van der Waals surface area contributed by atoms with Crippen molar-refractivity contribution in [1.29, 1.82) is 0 Å². The van der Waals surface area contributed by atoms with Crippen molar-refractivity contribution in [1.82, 2.24) is 20.6 Å². The molecule has 2 aromatic heterocycles. The summed E-state index contributed by atoms with van der Waals surface area (Å²) >= 11 is 5.96. The quantitative estimate of drug-likeness (QED) is 0.467. The van der Waals surface area contributed by atoms with Crippen molar-refractivity contribution < 1.29 is 22.7 Å². The number of ether oxygens (including phenoxy) is 1. The van der Waals surface area contributed by atoms with Gasteiger partial charge in [0.05, 0.1) is 23.7 Å². The number of rotatable bonds is 6. The van der Waals surface area contributed by atoms with Crippen LogP contribution >= 0.6 is 11.6 Å². The molecule has 4 rings (SSSR count). The fourth-order valence-corrected chi connectivity index (χ4v) is 4.50. The number of methoxy groups -OCH3 is 1. The van der Waals surface area contributed by atoms with Crippen molar-refractivity contribution in [2.45, 2.75) is 37.5 Å². The molecule has 0 saturated carbocycles. The van der Waals surface area contributed by atoms with Crippen LogP contribution in [0.2, 0.25) is 5.02 Å². The summed E-state index contributed by atoms with van der Waals surface area (Å²) in [5.74, 6) is -0.276. The van der Waals surface area contributed by atoms with E-state index in [0.717, 1.165) is 54.8 Å². The van der Waals surface area contributed by atoms with Gasteiger partial charge in [-0.3, -0.25) is 4.79 Å². The lowest BCUT2D eigenvalue weighted by molar-refractivity contribution is -0.137. The molecular weight excluding hydrogens is 481 g/mol. The standard InChI is InChI=1S/C25H24ClF3N4O2/c1-35-20-9-8-17(14-32-20)15-5-4-6-16(13-15)22(19-7-2-3-11-30-19)33-24(34)23-21(26)18(10-12-31-23)25(27,28)29/h4-6,8-10,12-14,19,22,30H,2-3,7,11H2,1H3,(H,33,34)/t19-,22-/m0/s1. The van der Waals surface area contributed by atoms with E-state index in [4.69, 9.17) is 16.3 Å². The van der Waals surface area contributed by atoms with Gasteiger partial charge in [0, 0.05) is 30.1 Å². The first kappa shape index (κ1) is 24.9. The molecule has 3 heterocycles. The van der Waals surface area contributed by atoms with Gasteiger partial charge in [-0.15, -0.1) is 0 Å². The molecule has 2 N–H and O–H groups in total. The minimum Gasteiger partial charge on any atom is -0.481 e. The fraction of sp³-hybridized carbons (Fsp3) is 0.320. The molecule has 0 radical (unpaired) electrons. The maximum absolute atomic E-state index is 13.3. The number of carbonyl (C=O) groups excluding carboxylic acids is 1. The molecule has 1 fully saturated rings. The highest BCUT2D eigenvalue weighted by molar-refractivity contribution is 6.34. The zero-order chi connectivity index (χ0) is 25.0. The maximum atomic E-state index is 13.3. The number of aromatic nitrogens is 2. The van der Waals surface area contributed by atoms with Gasteiger partial charge >= 0.3 is 6.18 Å². The fourth-order valence-electron chi connectivity index (χ4n) is 4.19. The first-order valence-corrected chi connectivity index (χ1v) is 11.5. The Bertz CT molecular complexity index is 1180. The van der Waals surface area contributed by atoms with E-state index in [2.05, 4.69) is 20.6 Å². The highest BCUT2D eigenvalue weighted by Crippen LogP contribution is 2.36. The molecule has 1 saturated heterocycles. The number of piperidine rings is 1. The van der Waals surface area contributed by atoms with Crippen LogP contribution in [0.4, 0.5) is 13.2 Å². The van der Waals surface area contributed by atoms with Crippen LogP contribution < -0.4 is 15.4 Å². The Labute approximate surface area is 205 Å². The van der Waals surface area contributed by atoms with Crippen LogP contribution in [0.5, 0.6) is 5.88 Å². The van der Waals surface area contributed by atoms with E-state index in [0.29, 0.717) is 5.88 Å². The Kier molecular flexibility index (Phi) is 7.57. The zero-order valence-electron chi connectivity index (χ0n) is 18.9. The lowest BCUT2D eigenvalue weighted by atomic mass is 9.90. The van der Waals surface area contributed by atoms with Crippen LogP contribution in [0.15, 0.2) is 54.9 Å². The molecule has 6 nitrogen and oxygen atoms in total. The van der Waals surface area contributed by atoms with E-state index in [-0.39, 0.29) is 6.04 Å². The molecule has 3 aromatic rings. The summed E-state index contributed by atoms with van der Waals surface area (Å²) in [4.78, 5) is 21.2. The van der Waals surface area contributed by atoms with E-state index in [1.165, 1.54) is 0 Å². The summed E-state index contributed by atoms with van der Waals surface area (Å²) in [5, 5.41) is 5.59. The van der Waals surface area contributed by atoms with Gasteiger partial charge in [0.1, 0.15) is 5.69 Å². The summed E-state index contributed by atoms with van der Waals surface area (Å²) in [6.45, 7) is 0.779. The molecule has 0 unspecified atom stereocenters. The molecule has 0 spiro atoms. The summed E-state index contributed by atoms with van der Waals surface area (Å²) in [6.07, 6.45) is 0.707. The van der Waals surface area contributed by atoms with Gasteiger partial charge in [0.2, 0.25) is 5.88 Å². The number of amides is 1. The molecule has 1 aromatic carbocycles. The zero-order valence-corrected chi connectivity index (χ0v) is 19.7. The first-order chi connectivity index (χ1) is 16.8. The van der Waals surface area contributed by atoms with Crippen LogP contribution in [0.25, 0.3) is 11.1 Å². The van der Waals surface area contributed by atoms with E-state index in [1.807, 2.05) is 30.3 Å². The number of hydrogen-bond acceptors (Lipinski definition) is 5. The molecule has 35 heavy (non-hydrogen) atoms.